The Morgan fingerprint density at radius 1 is 1.16 bits per heavy atom. The number of nitrogens with zero attached hydrogens (tertiary/aromatic N) is 2. The minimum absolute atomic E-state index is 0.0996. The van der Waals surface area contributed by atoms with E-state index in [0.29, 0.717) is 27.2 Å². The second-order valence-electron chi connectivity index (χ2n) is 6.85. The lowest BCUT2D eigenvalue weighted by Crippen LogP contribution is -2.19. The number of carbonyl (C=O) groups is 1. The third-order valence-corrected chi connectivity index (χ3v) is 5.86. The first-order valence-corrected chi connectivity index (χ1v) is 10.4. The van der Waals surface area contributed by atoms with Crippen LogP contribution < -0.4 is 5.32 Å². The molecule has 156 valence electrons. The summed E-state index contributed by atoms with van der Waals surface area (Å²) in [6.45, 7) is 3.94. The topological polar surface area (TPSA) is 97.7 Å². The quantitative estimate of drug-likeness (QED) is 0.296. The van der Waals surface area contributed by atoms with Crippen LogP contribution in [0.1, 0.15) is 16.9 Å². The van der Waals surface area contributed by atoms with Crippen LogP contribution >= 0.6 is 23.4 Å². The number of nitro groups is 1. The molecule has 1 aliphatic heterocycles. The monoisotopic (exact) mass is 453 g/mol. The van der Waals surface area contributed by atoms with Crippen LogP contribution in [0.4, 0.5) is 11.4 Å². The van der Waals surface area contributed by atoms with Crippen LogP contribution in [-0.2, 0) is 4.79 Å². The van der Waals surface area contributed by atoms with E-state index in [9.17, 15) is 14.9 Å². The van der Waals surface area contributed by atoms with E-state index in [-0.39, 0.29) is 16.6 Å². The number of rotatable bonds is 4. The Hall–Kier alpha value is -3.36. The third-order valence-electron chi connectivity index (χ3n) is 4.63. The molecule has 0 unspecified atom stereocenters. The van der Waals surface area contributed by atoms with E-state index in [0.717, 1.165) is 16.8 Å². The van der Waals surface area contributed by atoms with Gasteiger partial charge in [-0.2, -0.15) is 0 Å². The Morgan fingerprint density at radius 2 is 1.90 bits per heavy atom. The molecular weight excluding hydrogens is 438 g/mol. The number of non-ortho nitro benzene ring substituents is 1. The summed E-state index contributed by atoms with van der Waals surface area (Å²) >= 11 is 7.40. The summed E-state index contributed by atoms with van der Waals surface area (Å²) in [5, 5.41) is 14.4. The van der Waals surface area contributed by atoms with Crippen LogP contribution in [0.2, 0.25) is 5.02 Å². The van der Waals surface area contributed by atoms with Gasteiger partial charge in [0.15, 0.2) is 5.17 Å². The van der Waals surface area contributed by atoms with Crippen molar-refractivity contribution < 1.29 is 14.1 Å². The molecule has 0 spiro atoms. The zero-order chi connectivity index (χ0) is 22.1. The SMILES string of the molecule is Cc1cccc(C)c1N=C1NC(=O)/C(=C\c2ccc(-c3ccc([N+](=O)[O-])cc3Cl)o2)S1. The summed E-state index contributed by atoms with van der Waals surface area (Å²) in [6, 6.07) is 13.5. The van der Waals surface area contributed by atoms with Crippen LogP contribution in [0.5, 0.6) is 0 Å². The van der Waals surface area contributed by atoms with Crippen LogP contribution in [0.15, 0.2) is 62.8 Å². The minimum atomic E-state index is -0.513. The van der Waals surface area contributed by atoms with Crippen LogP contribution in [-0.4, -0.2) is 16.0 Å². The molecule has 1 saturated heterocycles. The van der Waals surface area contributed by atoms with Gasteiger partial charge in [-0.05, 0) is 54.9 Å². The maximum atomic E-state index is 12.4. The van der Waals surface area contributed by atoms with E-state index < -0.39 is 4.92 Å². The van der Waals surface area contributed by atoms with Gasteiger partial charge in [-0.15, -0.1) is 0 Å². The summed E-state index contributed by atoms with van der Waals surface area (Å²) in [4.78, 5) is 27.8. The number of carbonyl (C=O) groups excluding carboxylic acids is 1. The van der Waals surface area contributed by atoms with Crippen molar-refractivity contribution in [1.29, 1.82) is 0 Å². The number of amidine groups is 1. The average molecular weight is 454 g/mol. The van der Waals surface area contributed by atoms with Gasteiger partial charge in [0.1, 0.15) is 11.5 Å². The molecule has 1 amide bonds. The van der Waals surface area contributed by atoms with Crippen molar-refractivity contribution in [2.75, 3.05) is 0 Å². The molecule has 9 heteroatoms. The molecule has 0 aliphatic carbocycles. The molecule has 31 heavy (non-hydrogen) atoms. The van der Waals surface area contributed by atoms with Gasteiger partial charge >= 0.3 is 0 Å². The van der Waals surface area contributed by atoms with Crippen molar-refractivity contribution >= 4 is 51.9 Å². The molecule has 0 bridgehead atoms. The van der Waals surface area contributed by atoms with Crippen molar-refractivity contribution in [1.82, 2.24) is 5.32 Å². The summed E-state index contributed by atoms with van der Waals surface area (Å²) in [6.07, 6.45) is 1.62. The number of thioether (sulfide) groups is 1. The van der Waals surface area contributed by atoms with Gasteiger partial charge in [0.2, 0.25) is 0 Å². The molecule has 1 N–H and O–H groups in total. The molecule has 0 saturated carbocycles. The molecule has 3 aromatic rings. The molecule has 2 heterocycles. The van der Waals surface area contributed by atoms with E-state index in [1.807, 2.05) is 32.0 Å². The molecule has 1 aromatic heterocycles. The van der Waals surface area contributed by atoms with E-state index in [4.69, 9.17) is 16.0 Å². The highest BCUT2D eigenvalue weighted by atomic mass is 35.5. The van der Waals surface area contributed by atoms with Crippen molar-refractivity contribution in [2.24, 2.45) is 4.99 Å². The number of amides is 1. The lowest BCUT2D eigenvalue weighted by molar-refractivity contribution is -0.384. The molecule has 0 atom stereocenters. The second kappa shape index (κ2) is 8.41. The normalized spacial score (nSPS) is 16.2. The number of nitro benzene ring substituents is 1. The van der Waals surface area contributed by atoms with Crippen LogP contribution in [0, 0.1) is 24.0 Å². The van der Waals surface area contributed by atoms with Gasteiger partial charge in [0, 0.05) is 23.8 Å². The van der Waals surface area contributed by atoms with E-state index in [2.05, 4.69) is 10.3 Å². The summed E-state index contributed by atoms with van der Waals surface area (Å²) in [5.74, 6) is 0.635. The number of hydrogen-bond acceptors (Lipinski definition) is 6. The van der Waals surface area contributed by atoms with Crippen LogP contribution in [0.25, 0.3) is 17.4 Å². The predicted octanol–water partition coefficient (Wildman–Crippen LogP) is 6.02. The Balaban J connectivity index is 1.58. The van der Waals surface area contributed by atoms with Crippen molar-refractivity contribution in [2.45, 2.75) is 13.8 Å². The summed E-state index contributed by atoms with van der Waals surface area (Å²) in [5.41, 5.74) is 3.31. The highest BCUT2D eigenvalue weighted by molar-refractivity contribution is 8.18. The molecule has 7 nitrogen and oxygen atoms in total. The lowest BCUT2D eigenvalue weighted by atomic mass is 10.1. The van der Waals surface area contributed by atoms with Gasteiger partial charge in [0.25, 0.3) is 11.6 Å². The first kappa shape index (κ1) is 20.9. The third kappa shape index (κ3) is 4.40. The van der Waals surface area contributed by atoms with Crippen LogP contribution in [0.3, 0.4) is 0 Å². The average Bonchev–Trinajstić information content (AvgIpc) is 3.31. The van der Waals surface area contributed by atoms with Crippen molar-refractivity contribution in [3.8, 4) is 11.3 Å². The largest absolute Gasteiger partial charge is 0.457 e. The van der Waals surface area contributed by atoms with Crippen molar-refractivity contribution in [3.05, 3.63) is 85.5 Å². The van der Waals surface area contributed by atoms with Crippen molar-refractivity contribution in [3.63, 3.8) is 0 Å². The zero-order valence-electron chi connectivity index (χ0n) is 16.5. The molecule has 4 rings (SSSR count). The number of para-hydroxylation sites is 1. The summed E-state index contributed by atoms with van der Waals surface area (Å²) in [7, 11) is 0. The minimum Gasteiger partial charge on any atom is -0.457 e. The molecular formula is C22H16ClN3O4S. The maximum Gasteiger partial charge on any atom is 0.270 e. The number of aliphatic imine (C=N–C) groups is 1. The predicted molar refractivity (Wildman–Crippen MR) is 123 cm³/mol. The highest BCUT2D eigenvalue weighted by Crippen LogP contribution is 2.34. The molecule has 1 fully saturated rings. The van der Waals surface area contributed by atoms with E-state index in [1.54, 1.807) is 18.2 Å². The number of aryl methyl sites for hydroxylation is 2. The Kier molecular flexibility index (Phi) is 5.67. The fourth-order valence-electron chi connectivity index (χ4n) is 3.09. The van der Waals surface area contributed by atoms with E-state index in [1.165, 1.54) is 30.0 Å². The molecule has 1 aliphatic rings. The molecule has 2 aromatic carbocycles. The number of halogens is 1. The van der Waals surface area contributed by atoms with Gasteiger partial charge in [-0.3, -0.25) is 14.9 Å². The van der Waals surface area contributed by atoms with Gasteiger partial charge in [0.05, 0.1) is 20.5 Å². The first-order valence-electron chi connectivity index (χ1n) is 9.22. The fraction of sp³-hybridized carbons (Fsp3) is 0.0909. The highest BCUT2D eigenvalue weighted by Gasteiger charge is 2.25. The van der Waals surface area contributed by atoms with Gasteiger partial charge in [-0.1, -0.05) is 29.8 Å². The standard InChI is InChI=1S/C22H16ClN3O4S/c1-12-4-3-5-13(2)20(12)24-22-25-21(27)19(31-22)11-15-7-9-18(30-15)16-8-6-14(26(28)29)10-17(16)23/h3-11H,1-2H3,(H,24,25,27)/b19-11+. The smallest absolute Gasteiger partial charge is 0.270 e. The lowest BCUT2D eigenvalue weighted by Gasteiger charge is -2.04. The Labute approximate surface area is 187 Å². The number of nitrogens with one attached hydrogen (secondary N) is 1. The fourth-order valence-corrected chi connectivity index (χ4v) is 4.16. The number of benzene rings is 2. The maximum absolute atomic E-state index is 12.4. The number of hydrogen-bond donors (Lipinski definition) is 1. The Morgan fingerprint density at radius 3 is 2.58 bits per heavy atom. The van der Waals surface area contributed by atoms with Gasteiger partial charge in [-0.25, -0.2) is 4.99 Å². The Bertz CT molecular complexity index is 1260. The van der Waals surface area contributed by atoms with E-state index >= 15 is 0 Å². The number of furan rings is 1. The summed E-state index contributed by atoms with van der Waals surface area (Å²) < 4.78 is 5.79. The molecule has 0 radical (unpaired) electrons. The second-order valence-corrected chi connectivity index (χ2v) is 8.28. The zero-order valence-corrected chi connectivity index (χ0v) is 18.1. The van der Waals surface area contributed by atoms with Gasteiger partial charge < -0.3 is 9.73 Å². The first-order chi connectivity index (χ1) is 14.8.